The van der Waals surface area contributed by atoms with Gasteiger partial charge >= 0.3 is 0 Å². The number of carbonyl (C=O) groups is 1. The number of unbranched alkanes of at least 4 members (excludes halogenated alkanes) is 2. The fraction of sp³-hybridized carbons (Fsp3) is 0.750. The van der Waals surface area contributed by atoms with Crippen LogP contribution in [0.1, 0.15) is 25.7 Å². The third-order valence-corrected chi connectivity index (χ3v) is 1.26. The molecular formula is C8H15O2. The molecule has 0 saturated heterocycles. The average molecular weight is 143 g/mol. The smallest absolute Gasteiger partial charge is 0.158 e. The molecular weight excluding hydrogens is 128 g/mol. The lowest BCUT2D eigenvalue weighted by Gasteiger charge is -1.96. The molecule has 0 bridgehead atoms. The topological polar surface area (TPSA) is 26.3 Å². The van der Waals surface area contributed by atoms with Crippen molar-refractivity contribution in [2.45, 2.75) is 25.7 Å². The van der Waals surface area contributed by atoms with Gasteiger partial charge in [-0.15, -0.1) is 0 Å². The van der Waals surface area contributed by atoms with Crippen LogP contribution >= 0.6 is 0 Å². The second-order valence-corrected chi connectivity index (χ2v) is 2.28. The van der Waals surface area contributed by atoms with Gasteiger partial charge < -0.3 is 4.74 Å². The van der Waals surface area contributed by atoms with Gasteiger partial charge in [-0.25, -0.2) is 0 Å². The monoisotopic (exact) mass is 143 g/mol. The lowest BCUT2D eigenvalue weighted by Crippen LogP contribution is -2.05. The third kappa shape index (κ3) is 5.76. The second-order valence-electron chi connectivity index (χ2n) is 2.28. The van der Waals surface area contributed by atoms with Crippen LogP contribution in [0.4, 0.5) is 0 Å². The molecule has 0 unspecified atom stereocenters. The highest BCUT2D eigenvalue weighted by atomic mass is 16.5. The van der Waals surface area contributed by atoms with Crippen LogP contribution < -0.4 is 0 Å². The number of Topliss-reactive ketones (excluding diaryl/α,β-unsaturated/α-hetero) is 1. The zero-order valence-corrected chi connectivity index (χ0v) is 6.56. The highest BCUT2D eigenvalue weighted by molar-refractivity contribution is 5.79. The summed E-state index contributed by atoms with van der Waals surface area (Å²) in [5, 5.41) is 0. The van der Waals surface area contributed by atoms with Crippen molar-refractivity contribution in [2.24, 2.45) is 0 Å². The molecule has 0 aromatic heterocycles. The highest BCUT2D eigenvalue weighted by Crippen LogP contribution is 1.98. The van der Waals surface area contributed by atoms with E-state index in [1.54, 1.807) is 7.11 Å². The zero-order chi connectivity index (χ0) is 7.82. The van der Waals surface area contributed by atoms with Gasteiger partial charge in [-0.05, 0) is 6.42 Å². The van der Waals surface area contributed by atoms with E-state index in [1.807, 2.05) is 0 Å². The largest absolute Gasteiger partial charge is 0.377 e. The summed E-state index contributed by atoms with van der Waals surface area (Å²) in [6.07, 6.45) is 3.55. The summed E-state index contributed by atoms with van der Waals surface area (Å²) in [5.74, 6) is 0.191. The molecule has 0 aromatic rings. The molecule has 0 aliphatic heterocycles. The Hall–Kier alpha value is -0.370. The van der Waals surface area contributed by atoms with Crippen molar-refractivity contribution < 1.29 is 9.53 Å². The summed E-state index contributed by atoms with van der Waals surface area (Å²) in [6.45, 7) is 3.95. The van der Waals surface area contributed by atoms with Gasteiger partial charge in [0, 0.05) is 13.5 Å². The maximum atomic E-state index is 10.8. The van der Waals surface area contributed by atoms with E-state index in [0.29, 0.717) is 6.42 Å². The van der Waals surface area contributed by atoms with E-state index in [4.69, 9.17) is 0 Å². The lowest BCUT2D eigenvalue weighted by atomic mass is 10.1. The quantitative estimate of drug-likeness (QED) is 0.528. The summed E-state index contributed by atoms with van der Waals surface area (Å²) in [4.78, 5) is 10.8. The summed E-state index contributed by atoms with van der Waals surface area (Å²) in [5.41, 5.74) is 0. The second kappa shape index (κ2) is 6.75. The van der Waals surface area contributed by atoms with E-state index < -0.39 is 0 Å². The Labute approximate surface area is 62.6 Å². The molecule has 10 heavy (non-hydrogen) atoms. The molecule has 0 rings (SSSR count). The molecule has 0 amide bonds. The van der Waals surface area contributed by atoms with Crippen molar-refractivity contribution in [2.75, 3.05) is 13.7 Å². The van der Waals surface area contributed by atoms with Crippen molar-refractivity contribution in [1.82, 2.24) is 0 Å². The van der Waals surface area contributed by atoms with E-state index >= 15 is 0 Å². The summed E-state index contributed by atoms with van der Waals surface area (Å²) >= 11 is 0. The minimum absolute atomic E-state index is 0.191. The van der Waals surface area contributed by atoms with Gasteiger partial charge in [-0.1, -0.05) is 19.8 Å². The Morgan fingerprint density at radius 1 is 1.50 bits per heavy atom. The van der Waals surface area contributed by atoms with Gasteiger partial charge in [0.25, 0.3) is 0 Å². The number of ketones is 1. The first-order valence-electron chi connectivity index (χ1n) is 3.61. The van der Waals surface area contributed by atoms with Crippen LogP contribution in [-0.2, 0) is 9.53 Å². The number of ether oxygens (including phenoxy) is 1. The van der Waals surface area contributed by atoms with E-state index in [-0.39, 0.29) is 12.4 Å². The van der Waals surface area contributed by atoms with Crippen molar-refractivity contribution in [3.05, 3.63) is 6.92 Å². The van der Waals surface area contributed by atoms with Crippen LogP contribution in [0.3, 0.4) is 0 Å². The fourth-order valence-corrected chi connectivity index (χ4v) is 0.732. The van der Waals surface area contributed by atoms with Gasteiger partial charge in [0.05, 0.1) is 0 Å². The van der Waals surface area contributed by atoms with Gasteiger partial charge in [0.1, 0.15) is 6.61 Å². The number of hydrogen-bond donors (Lipinski definition) is 0. The number of carbonyl (C=O) groups excluding carboxylic acids is 1. The van der Waals surface area contributed by atoms with Crippen LogP contribution in [0.5, 0.6) is 0 Å². The Kier molecular flexibility index (Phi) is 6.50. The number of rotatable bonds is 6. The number of methoxy groups -OCH3 is 1. The molecule has 0 atom stereocenters. The standard InChI is InChI=1S/C8H15O2/c1-3-4-5-6-8(9)7-10-2/h1,3-7H2,2H3. The highest BCUT2D eigenvalue weighted by Gasteiger charge is 1.98. The molecule has 1 radical (unpaired) electrons. The first-order chi connectivity index (χ1) is 4.81. The van der Waals surface area contributed by atoms with Crippen molar-refractivity contribution in [3.63, 3.8) is 0 Å². The Balaban J connectivity index is 3.05. The lowest BCUT2D eigenvalue weighted by molar-refractivity contribution is -0.122. The molecule has 0 heterocycles. The minimum atomic E-state index is 0.191. The third-order valence-electron chi connectivity index (χ3n) is 1.26. The zero-order valence-electron chi connectivity index (χ0n) is 6.56. The number of hydrogen-bond acceptors (Lipinski definition) is 2. The van der Waals surface area contributed by atoms with Crippen molar-refractivity contribution in [1.29, 1.82) is 0 Å². The molecule has 59 valence electrons. The van der Waals surface area contributed by atoms with E-state index in [0.717, 1.165) is 19.3 Å². The molecule has 0 N–H and O–H groups in total. The van der Waals surface area contributed by atoms with Crippen LogP contribution in [0.2, 0.25) is 0 Å². The average Bonchev–Trinajstić information content (AvgIpc) is 1.89. The first kappa shape index (κ1) is 9.63. The molecule has 0 fully saturated rings. The first-order valence-corrected chi connectivity index (χ1v) is 3.61. The molecule has 0 saturated carbocycles. The summed E-state index contributed by atoms with van der Waals surface area (Å²) in [6, 6.07) is 0. The predicted molar refractivity (Wildman–Crippen MR) is 40.7 cm³/mol. The van der Waals surface area contributed by atoms with E-state index in [1.165, 1.54) is 0 Å². The van der Waals surface area contributed by atoms with Gasteiger partial charge in [-0.2, -0.15) is 0 Å². The van der Waals surface area contributed by atoms with E-state index in [2.05, 4.69) is 11.7 Å². The fourth-order valence-electron chi connectivity index (χ4n) is 0.732. The predicted octanol–water partition coefficient (Wildman–Crippen LogP) is 1.60. The molecule has 0 aliphatic rings. The van der Waals surface area contributed by atoms with Crippen molar-refractivity contribution in [3.8, 4) is 0 Å². The molecule has 0 aromatic carbocycles. The van der Waals surface area contributed by atoms with Crippen LogP contribution in [-0.4, -0.2) is 19.5 Å². The van der Waals surface area contributed by atoms with Crippen LogP contribution in [0.15, 0.2) is 0 Å². The molecule has 0 spiro atoms. The minimum Gasteiger partial charge on any atom is -0.377 e. The van der Waals surface area contributed by atoms with E-state index in [9.17, 15) is 4.79 Å². The SMILES string of the molecule is [CH2]CCCCC(=O)COC. The van der Waals surface area contributed by atoms with Crippen LogP contribution in [0.25, 0.3) is 0 Å². The molecule has 2 heteroatoms. The Morgan fingerprint density at radius 3 is 2.70 bits per heavy atom. The normalized spacial score (nSPS) is 9.80. The molecule has 0 aliphatic carbocycles. The Bertz CT molecular complexity index is 89.3. The Morgan fingerprint density at radius 2 is 2.20 bits per heavy atom. The van der Waals surface area contributed by atoms with Gasteiger partial charge in [-0.3, -0.25) is 4.79 Å². The van der Waals surface area contributed by atoms with Crippen molar-refractivity contribution >= 4 is 5.78 Å². The summed E-state index contributed by atoms with van der Waals surface area (Å²) < 4.78 is 4.67. The van der Waals surface area contributed by atoms with Gasteiger partial charge in [0.15, 0.2) is 5.78 Å². The maximum absolute atomic E-state index is 10.8. The summed E-state index contributed by atoms with van der Waals surface area (Å²) in [7, 11) is 1.54. The van der Waals surface area contributed by atoms with Crippen LogP contribution in [0, 0.1) is 6.92 Å². The maximum Gasteiger partial charge on any atom is 0.158 e. The van der Waals surface area contributed by atoms with Gasteiger partial charge in [0.2, 0.25) is 0 Å². The molecule has 2 nitrogen and oxygen atoms in total.